The number of nitrogens with zero attached hydrogens (tertiary/aromatic N) is 1. The third-order valence-electron chi connectivity index (χ3n) is 2.52. The molecule has 0 aliphatic carbocycles. The van der Waals surface area contributed by atoms with Gasteiger partial charge in [-0.05, 0) is 18.6 Å². The van der Waals surface area contributed by atoms with Gasteiger partial charge in [-0.2, -0.15) is 0 Å². The molecule has 0 radical (unpaired) electrons. The van der Waals surface area contributed by atoms with Crippen molar-refractivity contribution in [2.24, 2.45) is 0 Å². The van der Waals surface area contributed by atoms with Crippen molar-refractivity contribution in [2.75, 3.05) is 7.11 Å². The molecule has 1 aromatic rings. The highest BCUT2D eigenvalue weighted by Gasteiger charge is 2.15. The highest BCUT2D eigenvalue weighted by molar-refractivity contribution is 5.80. The first-order valence-electron chi connectivity index (χ1n) is 5.90. The molecule has 0 spiro atoms. The Morgan fingerprint density at radius 2 is 2.00 bits per heavy atom. The van der Waals surface area contributed by atoms with Crippen molar-refractivity contribution >= 4 is 17.4 Å². The maximum absolute atomic E-state index is 11.3. The molecule has 0 aliphatic rings. The van der Waals surface area contributed by atoms with Gasteiger partial charge < -0.3 is 14.3 Å². The van der Waals surface area contributed by atoms with Gasteiger partial charge in [0.2, 0.25) is 0 Å². The lowest BCUT2D eigenvalue weighted by Crippen LogP contribution is -2.06. The number of carbonyl (C=O) groups is 2. The third-order valence-corrected chi connectivity index (χ3v) is 2.52. The maximum Gasteiger partial charge on any atom is 0.311 e. The maximum atomic E-state index is 11.3. The fourth-order valence-electron chi connectivity index (χ4n) is 1.48. The summed E-state index contributed by atoms with van der Waals surface area (Å²) in [5, 5.41) is 10.8. The van der Waals surface area contributed by atoms with Crippen molar-refractivity contribution in [3.8, 4) is 5.75 Å². The van der Waals surface area contributed by atoms with Crippen LogP contribution >= 0.6 is 0 Å². The molecule has 0 atom stereocenters. The molecule has 7 nitrogen and oxygen atoms in total. The van der Waals surface area contributed by atoms with E-state index < -0.39 is 10.9 Å². The summed E-state index contributed by atoms with van der Waals surface area (Å²) >= 11 is 0. The first kappa shape index (κ1) is 15.6. The lowest BCUT2D eigenvalue weighted by atomic mass is 10.2. The fraction of sp³-hybridized carbons (Fsp3) is 0.385. The highest BCUT2D eigenvalue weighted by atomic mass is 16.6. The molecule has 0 N–H and O–H groups in total. The average Bonchev–Trinajstić information content (AvgIpc) is 2.42. The van der Waals surface area contributed by atoms with E-state index in [4.69, 9.17) is 9.47 Å². The molecule has 7 heteroatoms. The minimum Gasteiger partial charge on any atom is -0.490 e. The lowest BCUT2D eigenvalue weighted by molar-refractivity contribution is -0.385. The number of methoxy groups -OCH3 is 1. The normalized spacial score (nSPS) is 9.90. The number of hydrogen-bond donors (Lipinski definition) is 0. The van der Waals surface area contributed by atoms with Crippen LogP contribution in [0.5, 0.6) is 5.75 Å². The van der Waals surface area contributed by atoms with Crippen molar-refractivity contribution in [1.82, 2.24) is 0 Å². The Morgan fingerprint density at radius 3 is 2.55 bits per heavy atom. The Labute approximate surface area is 115 Å². The number of ketones is 1. The van der Waals surface area contributed by atoms with Gasteiger partial charge in [0.25, 0.3) is 0 Å². The zero-order valence-electron chi connectivity index (χ0n) is 11.3. The molecular weight excluding hydrogens is 266 g/mol. The monoisotopic (exact) mass is 281 g/mol. The van der Waals surface area contributed by atoms with E-state index in [-0.39, 0.29) is 36.7 Å². The number of Topliss-reactive ketones (excluding diaryl/α,β-unsaturated/α-hetero) is 1. The summed E-state index contributed by atoms with van der Waals surface area (Å²) < 4.78 is 9.80. The minimum absolute atomic E-state index is 0.00752. The van der Waals surface area contributed by atoms with Gasteiger partial charge in [-0.1, -0.05) is 6.07 Å². The van der Waals surface area contributed by atoms with Gasteiger partial charge in [0, 0.05) is 12.5 Å². The first-order chi connectivity index (χ1) is 9.43. The number of benzene rings is 1. The second-order valence-electron chi connectivity index (χ2n) is 4.13. The molecule has 0 heterocycles. The number of carbonyl (C=O) groups excluding carboxylic acids is 2. The first-order valence-corrected chi connectivity index (χ1v) is 5.90. The van der Waals surface area contributed by atoms with Gasteiger partial charge in [0.05, 0.1) is 18.5 Å². The molecule has 0 amide bonds. The summed E-state index contributed by atoms with van der Waals surface area (Å²) in [6.07, 6.45) is 0.134. The van der Waals surface area contributed by atoms with Crippen LogP contribution in [0.25, 0.3) is 0 Å². The number of nitro benzene ring substituents is 1. The van der Waals surface area contributed by atoms with Crippen LogP contribution < -0.4 is 4.74 Å². The zero-order chi connectivity index (χ0) is 15.1. The van der Waals surface area contributed by atoms with Crippen LogP contribution in [0.15, 0.2) is 18.2 Å². The standard InChI is InChI=1S/C13H15NO6/c1-9(15)3-6-13(16)20-8-10-4-5-12(19-2)11(7-10)14(17)18/h4-5,7H,3,6,8H2,1-2H3. The van der Waals surface area contributed by atoms with Crippen molar-refractivity contribution < 1.29 is 24.0 Å². The molecule has 0 aromatic heterocycles. The predicted molar refractivity (Wildman–Crippen MR) is 69.4 cm³/mol. The summed E-state index contributed by atoms with van der Waals surface area (Å²) in [5.74, 6) is -0.470. The van der Waals surface area contributed by atoms with E-state index in [1.807, 2.05) is 0 Å². The van der Waals surface area contributed by atoms with Gasteiger partial charge in [0.1, 0.15) is 12.4 Å². The summed E-state index contributed by atoms with van der Waals surface area (Å²) in [6.45, 7) is 1.31. The van der Waals surface area contributed by atoms with Crippen LogP contribution in [0.1, 0.15) is 25.3 Å². The zero-order valence-corrected chi connectivity index (χ0v) is 11.3. The number of nitro groups is 1. The minimum atomic E-state index is -0.570. The molecule has 0 bridgehead atoms. The van der Waals surface area contributed by atoms with Crippen LogP contribution in [0.2, 0.25) is 0 Å². The van der Waals surface area contributed by atoms with Gasteiger partial charge in [0.15, 0.2) is 5.75 Å². The third kappa shape index (κ3) is 4.68. The lowest BCUT2D eigenvalue weighted by Gasteiger charge is -2.06. The summed E-state index contributed by atoms with van der Waals surface area (Å²) in [6, 6.07) is 4.30. The molecule has 0 unspecified atom stereocenters. The van der Waals surface area contributed by atoms with E-state index >= 15 is 0 Å². The van der Waals surface area contributed by atoms with Crippen molar-refractivity contribution in [1.29, 1.82) is 0 Å². The molecule has 0 aliphatic heterocycles. The van der Waals surface area contributed by atoms with E-state index in [9.17, 15) is 19.7 Å². The Hall–Kier alpha value is -2.44. The molecule has 1 aromatic carbocycles. The summed E-state index contributed by atoms with van der Waals surface area (Å²) in [7, 11) is 1.34. The van der Waals surface area contributed by atoms with Crippen molar-refractivity contribution in [2.45, 2.75) is 26.4 Å². The Balaban J connectivity index is 2.65. The second-order valence-corrected chi connectivity index (χ2v) is 4.13. The second kappa shape index (κ2) is 7.22. The largest absolute Gasteiger partial charge is 0.490 e. The molecule has 0 fully saturated rings. The number of rotatable bonds is 7. The van der Waals surface area contributed by atoms with Gasteiger partial charge in [-0.15, -0.1) is 0 Å². The Kier molecular flexibility index (Phi) is 5.64. The van der Waals surface area contributed by atoms with E-state index in [1.165, 1.54) is 26.2 Å². The SMILES string of the molecule is COc1ccc(COC(=O)CCC(C)=O)cc1[N+](=O)[O-]. The van der Waals surface area contributed by atoms with E-state index in [1.54, 1.807) is 6.07 Å². The van der Waals surface area contributed by atoms with Crippen LogP contribution in [-0.2, 0) is 20.9 Å². The number of hydrogen-bond acceptors (Lipinski definition) is 6. The molecule has 20 heavy (non-hydrogen) atoms. The van der Waals surface area contributed by atoms with Gasteiger partial charge in [-0.25, -0.2) is 0 Å². The van der Waals surface area contributed by atoms with Crippen LogP contribution in [0, 0.1) is 10.1 Å². The van der Waals surface area contributed by atoms with Crippen LogP contribution in [0.3, 0.4) is 0 Å². The van der Waals surface area contributed by atoms with Crippen LogP contribution in [0.4, 0.5) is 5.69 Å². The highest BCUT2D eigenvalue weighted by Crippen LogP contribution is 2.27. The number of ether oxygens (including phenoxy) is 2. The molecule has 108 valence electrons. The van der Waals surface area contributed by atoms with Crippen LogP contribution in [-0.4, -0.2) is 23.8 Å². The molecule has 1 rings (SSSR count). The predicted octanol–water partition coefficient (Wildman–Crippen LogP) is 2.02. The quantitative estimate of drug-likeness (QED) is 0.431. The Bertz CT molecular complexity index is 526. The Morgan fingerprint density at radius 1 is 1.30 bits per heavy atom. The molecular formula is C13H15NO6. The molecule has 0 saturated carbocycles. The van der Waals surface area contributed by atoms with Crippen molar-refractivity contribution in [3.05, 3.63) is 33.9 Å². The fourth-order valence-corrected chi connectivity index (χ4v) is 1.48. The van der Waals surface area contributed by atoms with E-state index in [0.717, 1.165) is 0 Å². The molecule has 0 saturated heterocycles. The van der Waals surface area contributed by atoms with Gasteiger partial charge >= 0.3 is 11.7 Å². The van der Waals surface area contributed by atoms with E-state index in [2.05, 4.69) is 0 Å². The smallest absolute Gasteiger partial charge is 0.311 e. The van der Waals surface area contributed by atoms with Crippen molar-refractivity contribution in [3.63, 3.8) is 0 Å². The average molecular weight is 281 g/mol. The topological polar surface area (TPSA) is 95.7 Å². The number of esters is 1. The summed E-state index contributed by atoms with van der Waals surface area (Å²) in [5.41, 5.74) is 0.290. The van der Waals surface area contributed by atoms with Gasteiger partial charge in [-0.3, -0.25) is 14.9 Å². The van der Waals surface area contributed by atoms with E-state index in [0.29, 0.717) is 5.56 Å². The summed E-state index contributed by atoms with van der Waals surface area (Å²) in [4.78, 5) is 32.3.